The molecule has 1 unspecified atom stereocenters. The zero-order valence-corrected chi connectivity index (χ0v) is 15.5. The molecule has 2 aromatic rings. The normalized spacial score (nSPS) is 21.5. The molecule has 7 heteroatoms. The Balaban J connectivity index is 1.66. The summed E-state index contributed by atoms with van der Waals surface area (Å²) in [7, 11) is 0. The van der Waals surface area contributed by atoms with E-state index in [4.69, 9.17) is 20.2 Å². The van der Waals surface area contributed by atoms with Gasteiger partial charge in [0.1, 0.15) is 5.82 Å². The maximum absolute atomic E-state index is 11.5. The molecule has 1 aromatic carbocycles. The fraction of sp³-hybridized carbons (Fsp3) is 0.500. The topological polar surface area (TPSA) is 80.9 Å². The minimum absolute atomic E-state index is 0.0141. The Bertz CT molecular complexity index is 807. The Labute approximate surface area is 159 Å². The second-order valence-corrected chi connectivity index (χ2v) is 7.13. The molecule has 4 rings (SSSR count). The van der Waals surface area contributed by atoms with Crippen molar-refractivity contribution in [2.75, 3.05) is 51.0 Å². The first kappa shape index (κ1) is 18.2. The standard InChI is InChI=1S/C20H26N4O3/c21-19(25)12-17-14-27-10-7-24(17)13-16-11-15-3-1-2-4-18(15)22-20(16)23-5-8-26-9-6-23/h1-4,11,17H,5-10,12-14H2,(H2,21,25). The van der Waals surface area contributed by atoms with Gasteiger partial charge in [0.15, 0.2) is 0 Å². The third-order valence-corrected chi connectivity index (χ3v) is 5.25. The number of hydrogen-bond donors (Lipinski definition) is 1. The summed E-state index contributed by atoms with van der Waals surface area (Å²) in [5.41, 5.74) is 7.62. The molecular weight excluding hydrogens is 344 g/mol. The quantitative estimate of drug-likeness (QED) is 0.850. The number of primary amides is 1. The third kappa shape index (κ3) is 4.21. The van der Waals surface area contributed by atoms with Gasteiger partial charge in [0.05, 0.1) is 31.9 Å². The number of carbonyl (C=O) groups excluding carboxylic acids is 1. The van der Waals surface area contributed by atoms with Crippen LogP contribution in [0.2, 0.25) is 0 Å². The molecule has 0 spiro atoms. The van der Waals surface area contributed by atoms with Crippen LogP contribution in [0.3, 0.4) is 0 Å². The van der Waals surface area contributed by atoms with E-state index in [1.165, 1.54) is 5.56 Å². The first-order valence-electron chi connectivity index (χ1n) is 9.52. The van der Waals surface area contributed by atoms with E-state index in [2.05, 4.69) is 21.9 Å². The van der Waals surface area contributed by atoms with Gasteiger partial charge in [-0.3, -0.25) is 9.69 Å². The molecule has 2 aliphatic rings. The zero-order chi connectivity index (χ0) is 18.6. The van der Waals surface area contributed by atoms with E-state index in [-0.39, 0.29) is 11.9 Å². The van der Waals surface area contributed by atoms with Crippen molar-refractivity contribution in [1.29, 1.82) is 0 Å². The fourth-order valence-corrected chi connectivity index (χ4v) is 3.85. The molecule has 3 heterocycles. The molecular formula is C20H26N4O3. The van der Waals surface area contributed by atoms with E-state index in [0.29, 0.717) is 19.6 Å². The number of morpholine rings is 2. The fourth-order valence-electron chi connectivity index (χ4n) is 3.85. The average molecular weight is 370 g/mol. The smallest absolute Gasteiger partial charge is 0.219 e. The third-order valence-electron chi connectivity index (χ3n) is 5.25. The molecule has 1 atom stereocenters. The van der Waals surface area contributed by atoms with Gasteiger partial charge < -0.3 is 20.1 Å². The van der Waals surface area contributed by atoms with Gasteiger partial charge in [-0.25, -0.2) is 4.98 Å². The molecule has 7 nitrogen and oxygen atoms in total. The minimum Gasteiger partial charge on any atom is -0.378 e. The van der Waals surface area contributed by atoms with Crippen molar-refractivity contribution in [3.05, 3.63) is 35.9 Å². The number of carbonyl (C=O) groups is 1. The largest absolute Gasteiger partial charge is 0.378 e. The molecule has 2 fully saturated rings. The molecule has 1 aromatic heterocycles. The summed E-state index contributed by atoms with van der Waals surface area (Å²) in [6.07, 6.45) is 0.313. The number of nitrogens with zero attached hydrogens (tertiary/aromatic N) is 3. The summed E-state index contributed by atoms with van der Waals surface area (Å²) in [5.74, 6) is 0.724. The number of rotatable bonds is 5. The minimum atomic E-state index is -0.291. The number of pyridine rings is 1. The van der Waals surface area contributed by atoms with Crippen LogP contribution in [-0.2, 0) is 20.8 Å². The molecule has 2 saturated heterocycles. The Morgan fingerprint density at radius 3 is 2.74 bits per heavy atom. The number of anilines is 1. The van der Waals surface area contributed by atoms with Crippen LogP contribution in [0.25, 0.3) is 10.9 Å². The number of aromatic nitrogens is 1. The molecule has 0 aliphatic carbocycles. The molecule has 0 saturated carbocycles. The van der Waals surface area contributed by atoms with Gasteiger partial charge >= 0.3 is 0 Å². The predicted molar refractivity (Wildman–Crippen MR) is 104 cm³/mol. The van der Waals surface area contributed by atoms with Gasteiger partial charge in [-0.15, -0.1) is 0 Å². The number of para-hydroxylation sites is 1. The average Bonchev–Trinajstić information content (AvgIpc) is 2.69. The monoisotopic (exact) mass is 370 g/mol. The number of nitrogens with two attached hydrogens (primary N) is 1. The van der Waals surface area contributed by atoms with Crippen LogP contribution < -0.4 is 10.6 Å². The Kier molecular flexibility index (Phi) is 5.52. The Hall–Kier alpha value is -2.22. The molecule has 144 valence electrons. The Morgan fingerprint density at radius 2 is 1.93 bits per heavy atom. The second kappa shape index (κ2) is 8.21. The lowest BCUT2D eigenvalue weighted by Crippen LogP contribution is -2.47. The number of ether oxygens (including phenoxy) is 2. The highest BCUT2D eigenvalue weighted by molar-refractivity contribution is 5.82. The van der Waals surface area contributed by atoms with Gasteiger partial charge in [0, 0.05) is 49.6 Å². The van der Waals surface area contributed by atoms with Crippen LogP contribution >= 0.6 is 0 Å². The van der Waals surface area contributed by atoms with Crippen LogP contribution in [0.5, 0.6) is 0 Å². The van der Waals surface area contributed by atoms with Crippen LogP contribution in [0.1, 0.15) is 12.0 Å². The van der Waals surface area contributed by atoms with Crippen molar-refractivity contribution < 1.29 is 14.3 Å². The lowest BCUT2D eigenvalue weighted by atomic mass is 10.1. The van der Waals surface area contributed by atoms with Crippen LogP contribution in [0.4, 0.5) is 5.82 Å². The zero-order valence-electron chi connectivity index (χ0n) is 15.5. The molecule has 0 radical (unpaired) electrons. The molecule has 1 amide bonds. The molecule has 27 heavy (non-hydrogen) atoms. The molecule has 2 N–H and O–H groups in total. The number of fused-ring (bicyclic) bond motifs is 1. The van der Waals surface area contributed by atoms with Crippen LogP contribution in [0.15, 0.2) is 30.3 Å². The van der Waals surface area contributed by atoms with Gasteiger partial charge in [-0.2, -0.15) is 0 Å². The summed E-state index contributed by atoms with van der Waals surface area (Å²) in [4.78, 5) is 21.0. The van der Waals surface area contributed by atoms with E-state index in [9.17, 15) is 4.79 Å². The van der Waals surface area contributed by atoms with E-state index in [1.807, 2.05) is 18.2 Å². The number of hydrogen-bond acceptors (Lipinski definition) is 6. The van der Waals surface area contributed by atoms with Gasteiger partial charge in [0.25, 0.3) is 0 Å². The first-order chi connectivity index (χ1) is 13.2. The van der Waals surface area contributed by atoms with Crippen molar-refractivity contribution in [3.8, 4) is 0 Å². The maximum atomic E-state index is 11.5. The van der Waals surface area contributed by atoms with Crippen LogP contribution in [0, 0.1) is 0 Å². The van der Waals surface area contributed by atoms with Crippen molar-refractivity contribution in [2.24, 2.45) is 5.73 Å². The SMILES string of the molecule is NC(=O)CC1COCCN1Cc1cc2ccccc2nc1N1CCOCC1. The second-order valence-electron chi connectivity index (χ2n) is 7.13. The summed E-state index contributed by atoms with van der Waals surface area (Å²) in [5, 5.41) is 1.13. The van der Waals surface area contributed by atoms with E-state index in [0.717, 1.165) is 56.1 Å². The molecule has 0 bridgehead atoms. The first-order valence-corrected chi connectivity index (χ1v) is 9.52. The van der Waals surface area contributed by atoms with E-state index >= 15 is 0 Å². The van der Waals surface area contributed by atoms with Gasteiger partial charge in [-0.05, 0) is 12.1 Å². The lowest BCUT2D eigenvalue weighted by Gasteiger charge is -2.36. The van der Waals surface area contributed by atoms with Crippen molar-refractivity contribution in [1.82, 2.24) is 9.88 Å². The highest BCUT2D eigenvalue weighted by Gasteiger charge is 2.27. The van der Waals surface area contributed by atoms with Gasteiger partial charge in [0.2, 0.25) is 5.91 Å². The van der Waals surface area contributed by atoms with E-state index < -0.39 is 0 Å². The van der Waals surface area contributed by atoms with Crippen molar-refractivity contribution in [3.63, 3.8) is 0 Å². The summed E-state index contributed by atoms with van der Waals surface area (Å²) < 4.78 is 11.1. The lowest BCUT2D eigenvalue weighted by molar-refractivity contribution is -0.121. The highest BCUT2D eigenvalue weighted by atomic mass is 16.5. The Morgan fingerprint density at radius 1 is 1.15 bits per heavy atom. The summed E-state index contributed by atoms with van der Waals surface area (Å²) in [6, 6.07) is 10.4. The predicted octanol–water partition coefficient (Wildman–Crippen LogP) is 1.15. The molecule has 2 aliphatic heterocycles. The van der Waals surface area contributed by atoms with Crippen molar-refractivity contribution >= 4 is 22.6 Å². The van der Waals surface area contributed by atoms with Crippen LogP contribution in [-0.4, -0.2) is 67.9 Å². The highest BCUT2D eigenvalue weighted by Crippen LogP contribution is 2.27. The maximum Gasteiger partial charge on any atom is 0.219 e. The van der Waals surface area contributed by atoms with Gasteiger partial charge in [-0.1, -0.05) is 18.2 Å². The number of benzene rings is 1. The van der Waals surface area contributed by atoms with Crippen molar-refractivity contribution in [2.45, 2.75) is 19.0 Å². The number of amides is 1. The van der Waals surface area contributed by atoms with E-state index in [1.54, 1.807) is 0 Å². The summed E-state index contributed by atoms with van der Waals surface area (Å²) in [6.45, 7) is 5.84. The summed E-state index contributed by atoms with van der Waals surface area (Å²) >= 11 is 0.